The molecule has 3 atom stereocenters. The number of methoxy groups -OCH3 is 1. The third-order valence-corrected chi connectivity index (χ3v) is 27.8. The number of hydrogen-bond acceptors (Lipinski definition) is 8. The molecule has 6 rings (SSSR count). The van der Waals surface area contributed by atoms with Crippen LogP contribution in [0.25, 0.3) is 0 Å². The minimum atomic E-state index is -1.81. The van der Waals surface area contributed by atoms with Crippen LogP contribution in [-0.2, 0) is 30.9 Å². The maximum atomic E-state index is 11.7. The molecule has 63 heavy (non-hydrogen) atoms. The monoisotopic (exact) mass is 918 g/mol. The molecule has 1 aliphatic heterocycles. The molecule has 3 aromatic rings. The molecular weight excluding hydrogens is 841 g/mol. The summed E-state index contributed by atoms with van der Waals surface area (Å²) in [7, 11) is -3.99. The number of ether oxygens (including phenoxy) is 2. The van der Waals surface area contributed by atoms with E-state index >= 15 is 0 Å². The van der Waals surface area contributed by atoms with Crippen LogP contribution in [0.1, 0.15) is 172 Å². The van der Waals surface area contributed by atoms with E-state index in [-0.39, 0.29) is 39.4 Å². The van der Waals surface area contributed by atoms with Gasteiger partial charge >= 0.3 is 11.9 Å². The van der Waals surface area contributed by atoms with E-state index in [2.05, 4.69) is 108 Å². The second-order valence-electron chi connectivity index (χ2n) is 22.1. The molecule has 12 heteroatoms. The molecule has 1 heterocycles. The lowest BCUT2D eigenvalue weighted by molar-refractivity contribution is 0.0599. The van der Waals surface area contributed by atoms with Gasteiger partial charge in [-0.2, -0.15) is 0 Å². The second-order valence-corrected chi connectivity index (χ2v) is 36.3. The normalized spacial score (nSPS) is 19.0. The van der Waals surface area contributed by atoms with Crippen molar-refractivity contribution in [2.75, 3.05) is 13.7 Å². The molecule has 1 N–H and O–H groups in total. The molecule has 2 aliphatic carbocycles. The number of carbonyl (C=O) groups excluding carboxylic acids is 2. The Labute approximate surface area is 382 Å². The van der Waals surface area contributed by atoms with Crippen LogP contribution in [0.3, 0.4) is 0 Å². The van der Waals surface area contributed by atoms with E-state index in [1.807, 2.05) is 42.5 Å². The molecule has 3 aromatic carbocycles. The van der Waals surface area contributed by atoms with Crippen molar-refractivity contribution in [1.82, 2.24) is 0 Å². The lowest BCUT2D eigenvalue weighted by Crippen LogP contribution is -2.42. The summed E-state index contributed by atoms with van der Waals surface area (Å²) < 4.78 is 30.2. The van der Waals surface area contributed by atoms with Gasteiger partial charge in [-0.15, -0.1) is 0 Å². The van der Waals surface area contributed by atoms with Crippen molar-refractivity contribution in [1.29, 1.82) is 0 Å². The number of carboxylic acid groups (broad SMARTS) is 1. The number of carboxylic acids is 1. The van der Waals surface area contributed by atoms with Crippen LogP contribution in [0.4, 0.5) is 0 Å². The Morgan fingerprint density at radius 1 is 0.619 bits per heavy atom. The van der Waals surface area contributed by atoms with Gasteiger partial charge in [0.15, 0.2) is 25.0 Å². The lowest BCUT2D eigenvalue weighted by atomic mass is 9.88. The number of aldehydes is 1. The average molecular weight is 919 g/mol. The highest BCUT2D eigenvalue weighted by molar-refractivity contribution is 6.75. The molecule has 0 saturated heterocycles. The molecule has 0 amide bonds. The number of esters is 1. The highest BCUT2D eigenvalue weighted by Gasteiger charge is 2.42. The summed E-state index contributed by atoms with van der Waals surface area (Å²) in [5.41, 5.74) is 7.56. The Kier molecular flexibility index (Phi) is 16.9. The molecule has 0 aromatic heterocycles. The van der Waals surface area contributed by atoms with Crippen LogP contribution >= 0.6 is 0 Å². The van der Waals surface area contributed by atoms with Crippen molar-refractivity contribution in [2.24, 2.45) is 0 Å². The number of rotatable bonds is 9. The number of benzene rings is 3. The van der Waals surface area contributed by atoms with Crippen molar-refractivity contribution in [3.05, 3.63) is 99.1 Å². The molecule has 3 aliphatic rings. The molecule has 0 bridgehead atoms. The summed E-state index contributed by atoms with van der Waals surface area (Å²) in [5.74, 6) is -0.329. The fourth-order valence-electron chi connectivity index (χ4n) is 7.33. The smallest absolute Gasteiger partial charge is 0.337 e. The van der Waals surface area contributed by atoms with Gasteiger partial charge in [-0.3, -0.25) is 4.79 Å². The molecule has 348 valence electrons. The zero-order valence-electron chi connectivity index (χ0n) is 41.4. The van der Waals surface area contributed by atoms with Gasteiger partial charge in [-0.25, -0.2) is 9.59 Å². The zero-order valence-corrected chi connectivity index (χ0v) is 44.4. The van der Waals surface area contributed by atoms with Gasteiger partial charge in [0.2, 0.25) is 0 Å². The minimum Gasteiger partial charge on any atom is -0.493 e. The Hall–Kier alpha value is -3.40. The van der Waals surface area contributed by atoms with Crippen molar-refractivity contribution < 1.29 is 42.2 Å². The van der Waals surface area contributed by atoms with Gasteiger partial charge in [0.1, 0.15) is 12.0 Å². The summed E-state index contributed by atoms with van der Waals surface area (Å²) in [6.07, 6.45) is 8.33. The highest BCUT2D eigenvalue weighted by atomic mass is 28.4. The first-order valence-electron chi connectivity index (χ1n) is 22.8. The maximum Gasteiger partial charge on any atom is 0.337 e. The molecule has 9 nitrogen and oxygen atoms in total. The van der Waals surface area contributed by atoms with E-state index in [1.54, 1.807) is 6.07 Å². The Morgan fingerprint density at radius 2 is 1.03 bits per heavy atom. The standard InChI is InChI=1S/C18H28O3Si.C17H26O3Si.C16H24O3Si/c1-18(2,3)22(5,6)21-16-9-7-8-13-12-14(17(19)20-4)10-11-15(13)16;1-17(2,3)21(4,5)20-15-8-6-7-12-11-13(16(18)19)9-10-14(12)15;1-16(2,3)20(4,5)19-14-8-9-18-15-10-12(11-17)6-7-13(14)15/h10-12,16H,7-9H2,1-6H3;9-11,15H,6-8H2,1-5H3,(H,18,19);6-7,10-11,14H,8-9H2,1-5H3/t16-;15-;14-/m000/s1. The summed E-state index contributed by atoms with van der Waals surface area (Å²) in [6.45, 7) is 34.6. The highest BCUT2D eigenvalue weighted by Crippen LogP contribution is 2.46. The van der Waals surface area contributed by atoms with Crippen LogP contribution in [0.2, 0.25) is 54.4 Å². The summed E-state index contributed by atoms with van der Waals surface area (Å²) in [5, 5.41) is 9.70. The van der Waals surface area contributed by atoms with Crippen molar-refractivity contribution in [2.45, 2.75) is 180 Å². The van der Waals surface area contributed by atoms with E-state index in [0.717, 1.165) is 68.1 Å². The SMILES string of the molecule is CC(C)(C)[Si](C)(C)O[C@H]1CCCc2cc(C(=O)O)ccc21.CC(C)(C)[Si](C)(C)O[C@H]1CCOc2cc(C=O)ccc21.COC(=O)c1ccc2c(c1)CCC[C@@H]2O[Si](C)(C)C(C)(C)C. The third-order valence-electron chi connectivity index (χ3n) is 14.4. The first kappa shape index (κ1) is 52.2. The van der Waals surface area contributed by atoms with Gasteiger partial charge < -0.3 is 27.9 Å². The fraction of sp³-hybridized carbons (Fsp3) is 0.588. The van der Waals surface area contributed by atoms with Crippen LogP contribution in [-0.4, -0.2) is 62.0 Å². The number of hydrogen-bond donors (Lipinski definition) is 1. The summed E-state index contributed by atoms with van der Waals surface area (Å²) in [4.78, 5) is 33.7. The molecule has 0 saturated carbocycles. The number of fused-ring (bicyclic) bond motifs is 3. The maximum absolute atomic E-state index is 11.7. The largest absolute Gasteiger partial charge is 0.493 e. The third kappa shape index (κ3) is 13.1. The zero-order chi connectivity index (χ0) is 47.3. The van der Waals surface area contributed by atoms with Gasteiger partial charge in [-0.1, -0.05) is 86.6 Å². The minimum absolute atomic E-state index is 0.0837. The van der Waals surface area contributed by atoms with E-state index in [1.165, 1.54) is 23.8 Å². The molecule has 0 fully saturated rings. The topological polar surface area (TPSA) is 118 Å². The molecular formula is C51H78O9Si3. The van der Waals surface area contributed by atoms with Gasteiger partial charge in [-0.05, 0) is 146 Å². The van der Waals surface area contributed by atoms with Crippen LogP contribution in [0, 0.1) is 0 Å². The molecule has 0 radical (unpaired) electrons. The van der Waals surface area contributed by atoms with Crippen molar-refractivity contribution in [3.8, 4) is 5.75 Å². The molecule has 0 spiro atoms. The predicted molar refractivity (Wildman–Crippen MR) is 262 cm³/mol. The summed E-state index contributed by atoms with van der Waals surface area (Å²) >= 11 is 0. The molecule has 0 unspecified atom stereocenters. The average Bonchev–Trinajstić information content (AvgIpc) is 3.19. The number of aromatic carboxylic acids is 1. The first-order valence-corrected chi connectivity index (χ1v) is 31.6. The quantitative estimate of drug-likeness (QED) is 0.127. The van der Waals surface area contributed by atoms with E-state index < -0.39 is 30.9 Å². The number of aryl methyl sites for hydroxylation is 2. The lowest BCUT2D eigenvalue weighted by Gasteiger charge is -2.41. The van der Waals surface area contributed by atoms with Crippen LogP contribution in [0.15, 0.2) is 54.6 Å². The fourth-order valence-corrected chi connectivity index (χ4v) is 11.3. The van der Waals surface area contributed by atoms with E-state index in [0.29, 0.717) is 23.3 Å². The van der Waals surface area contributed by atoms with Crippen molar-refractivity contribution >= 4 is 43.2 Å². The Balaban J connectivity index is 0.000000208. The van der Waals surface area contributed by atoms with Gasteiger partial charge in [0.25, 0.3) is 0 Å². The van der Waals surface area contributed by atoms with Crippen LogP contribution in [0.5, 0.6) is 5.75 Å². The van der Waals surface area contributed by atoms with E-state index in [9.17, 15) is 14.4 Å². The van der Waals surface area contributed by atoms with Gasteiger partial charge in [0.05, 0.1) is 43.2 Å². The number of carbonyl (C=O) groups is 3. The Bertz CT molecular complexity index is 2070. The van der Waals surface area contributed by atoms with Crippen molar-refractivity contribution in [3.63, 3.8) is 0 Å². The second kappa shape index (κ2) is 20.4. The predicted octanol–water partition coefficient (Wildman–Crippen LogP) is 14.0. The van der Waals surface area contributed by atoms with Crippen LogP contribution < -0.4 is 4.74 Å². The Morgan fingerprint density at radius 3 is 1.44 bits per heavy atom. The van der Waals surface area contributed by atoms with E-state index in [4.69, 9.17) is 27.9 Å². The van der Waals surface area contributed by atoms with Gasteiger partial charge in [0, 0.05) is 17.5 Å². The first-order chi connectivity index (χ1) is 29.0. The summed E-state index contributed by atoms with van der Waals surface area (Å²) in [6, 6.07) is 17.0.